The Morgan fingerprint density at radius 1 is 1.19 bits per heavy atom. The molecule has 0 aromatic rings. The second kappa shape index (κ2) is 7.77. The number of Topliss-reactive ketones (excluding diaryl/α,β-unsaturated/α-hetero) is 1. The van der Waals surface area contributed by atoms with Crippen LogP contribution in [-0.4, -0.2) is 18.7 Å². The Morgan fingerprint density at radius 3 is 2.43 bits per heavy atom. The molecule has 0 fully saturated rings. The summed E-state index contributed by atoms with van der Waals surface area (Å²) in [6.07, 6.45) is 7.99. The van der Waals surface area contributed by atoms with Gasteiger partial charge in [0.2, 0.25) is 5.78 Å². The molecule has 0 aromatic heterocycles. The van der Waals surface area contributed by atoms with Gasteiger partial charge in [0.25, 0.3) is 0 Å². The van der Waals surface area contributed by atoms with Gasteiger partial charge in [0, 0.05) is 11.1 Å². The third-order valence-electron chi connectivity index (χ3n) is 3.43. The van der Waals surface area contributed by atoms with E-state index in [0.717, 1.165) is 12.8 Å². The Hall–Kier alpha value is -1.90. The Kier molecular flexibility index (Phi) is 6.35. The predicted octanol–water partition coefficient (Wildman–Crippen LogP) is 4.07. The highest BCUT2D eigenvalue weighted by atomic mass is 16.5. The molecule has 114 valence electrons. The molecule has 0 heterocycles. The van der Waals surface area contributed by atoms with Crippen molar-refractivity contribution in [2.45, 2.75) is 47.0 Å². The van der Waals surface area contributed by atoms with Crippen molar-refractivity contribution in [3.63, 3.8) is 0 Å². The van der Waals surface area contributed by atoms with Crippen LogP contribution in [0.5, 0.6) is 0 Å². The van der Waals surface area contributed by atoms with E-state index in [1.54, 1.807) is 6.92 Å². The molecule has 0 aliphatic heterocycles. The Bertz CT molecular complexity index is 553. The van der Waals surface area contributed by atoms with Crippen LogP contribution in [0.4, 0.5) is 0 Å². The summed E-state index contributed by atoms with van der Waals surface area (Å²) >= 11 is 0. The maximum absolute atomic E-state index is 12.0. The first-order chi connectivity index (χ1) is 9.86. The van der Waals surface area contributed by atoms with Crippen molar-refractivity contribution >= 4 is 11.6 Å². The molecule has 0 atom stereocenters. The normalized spacial score (nSPS) is 16.0. The number of hydrogen-bond acceptors (Lipinski definition) is 3. The Balaban J connectivity index is 2.80. The van der Waals surface area contributed by atoms with Gasteiger partial charge in [-0.2, -0.15) is 0 Å². The molecule has 3 heteroatoms. The molecule has 0 radical (unpaired) electrons. The molecule has 21 heavy (non-hydrogen) atoms. The highest BCUT2D eigenvalue weighted by molar-refractivity contribution is 6.21. The molecule has 0 N–H and O–H groups in total. The SMILES string of the molecule is COC1=C(C/C=C(/C)CCC=C(C)C)C(=O)C=C(C)C1=O. The van der Waals surface area contributed by atoms with Crippen LogP contribution in [0.1, 0.15) is 47.0 Å². The van der Waals surface area contributed by atoms with E-state index in [1.165, 1.54) is 24.3 Å². The number of ketones is 2. The van der Waals surface area contributed by atoms with Crippen molar-refractivity contribution in [2.24, 2.45) is 0 Å². The minimum absolute atomic E-state index is 0.128. The summed E-state index contributed by atoms with van der Waals surface area (Å²) < 4.78 is 5.13. The smallest absolute Gasteiger partial charge is 0.223 e. The van der Waals surface area contributed by atoms with E-state index in [9.17, 15) is 9.59 Å². The first-order valence-corrected chi connectivity index (χ1v) is 7.20. The second-order valence-corrected chi connectivity index (χ2v) is 5.61. The molecule has 1 aliphatic carbocycles. The van der Waals surface area contributed by atoms with Crippen molar-refractivity contribution in [2.75, 3.05) is 7.11 Å². The first-order valence-electron chi connectivity index (χ1n) is 7.20. The van der Waals surface area contributed by atoms with Crippen molar-refractivity contribution in [1.29, 1.82) is 0 Å². The fraction of sp³-hybridized carbons (Fsp3) is 0.444. The van der Waals surface area contributed by atoms with Crippen molar-refractivity contribution in [3.8, 4) is 0 Å². The van der Waals surface area contributed by atoms with Gasteiger partial charge in [0.05, 0.1) is 7.11 Å². The maximum atomic E-state index is 12.0. The molecule has 0 bridgehead atoms. The van der Waals surface area contributed by atoms with E-state index >= 15 is 0 Å². The van der Waals surface area contributed by atoms with Crippen LogP contribution in [0.25, 0.3) is 0 Å². The molecule has 1 aliphatic rings. The summed E-state index contributed by atoms with van der Waals surface area (Å²) in [7, 11) is 1.44. The van der Waals surface area contributed by atoms with Crippen LogP contribution < -0.4 is 0 Å². The zero-order valence-electron chi connectivity index (χ0n) is 13.6. The number of hydrogen-bond donors (Lipinski definition) is 0. The Labute approximate surface area is 127 Å². The van der Waals surface area contributed by atoms with E-state index < -0.39 is 0 Å². The van der Waals surface area contributed by atoms with Crippen LogP contribution in [0, 0.1) is 0 Å². The summed E-state index contributed by atoms with van der Waals surface area (Å²) in [5.41, 5.74) is 3.40. The van der Waals surface area contributed by atoms with E-state index in [2.05, 4.69) is 19.9 Å². The largest absolute Gasteiger partial charge is 0.492 e. The van der Waals surface area contributed by atoms with Crippen LogP contribution in [-0.2, 0) is 14.3 Å². The first kappa shape index (κ1) is 17.2. The average Bonchev–Trinajstić information content (AvgIpc) is 2.40. The second-order valence-electron chi connectivity index (χ2n) is 5.61. The quantitative estimate of drug-likeness (QED) is 0.546. The topological polar surface area (TPSA) is 43.4 Å². The lowest BCUT2D eigenvalue weighted by atomic mass is 9.93. The third-order valence-corrected chi connectivity index (χ3v) is 3.43. The van der Waals surface area contributed by atoms with E-state index in [1.807, 2.05) is 13.0 Å². The third kappa shape index (κ3) is 4.85. The maximum Gasteiger partial charge on any atom is 0.223 e. The van der Waals surface area contributed by atoms with Crippen LogP contribution in [0.15, 0.2) is 46.3 Å². The average molecular weight is 288 g/mol. The fourth-order valence-electron chi connectivity index (χ4n) is 2.15. The van der Waals surface area contributed by atoms with Gasteiger partial charge in [-0.05, 0) is 53.0 Å². The fourth-order valence-corrected chi connectivity index (χ4v) is 2.15. The minimum atomic E-state index is -0.192. The zero-order chi connectivity index (χ0) is 16.0. The van der Waals surface area contributed by atoms with Crippen LogP contribution in [0.3, 0.4) is 0 Å². The van der Waals surface area contributed by atoms with Gasteiger partial charge in [-0.3, -0.25) is 9.59 Å². The molecule has 0 unspecified atom stereocenters. The van der Waals surface area contributed by atoms with Crippen LogP contribution in [0.2, 0.25) is 0 Å². The zero-order valence-corrected chi connectivity index (χ0v) is 13.6. The summed E-state index contributed by atoms with van der Waals surface area (Å²) in [6, 6.07) is 0. The van der Waals surface area contributed by atoms with Gasteiger partial charge in [0.1, 0.15) is 0 Å². The number of carbonyl (C=O) groups excluding carboxylic acids is 2. The number of allylic oxidation sites excluding steroid dienone is 7. The van der Waals surface area contributed by atoms with Gasteiger partial charge < -0.3 is 4.74 Å². The summed E-state index contributed by atoms with van der Waals surface area (Å²) in [5.74, 6) is -0.131. The molecule has 0 amide bonds. The lowest BCUT2D eigenvalue weighted by molar-refractivity contribution is -0.118. The van der Waals surface area contributed by atoms with Crippen molar-refractivity contribution < 1.29 is 14.3 Å². The van der Waals surface area contributed by atoms with Crippen LogP contribution >= 0.6 is 0 Å². The van der Waals surface area contributed by atoms with Gasteiger partial charge in [-0.25, -0.2) is 0 Å². The number of ether oxygens (including phenoxy) is 1. The highest BCUT2D eigenvalue weighted by Gasteiger charge is 2.26. The molecule has 0 saturated carbocycles. The lowest BCUT2D eigenvalue weighted by Crippen LogP contribution is -2.19. The molecule has 0 saturated heterocycles. The van der Waals surface area contributed by atoms with Gasteiger partial charge in [0.15, 0.2) is 11.5 Å². The monoisotopic (exact) mass is 288 g/mol. The van der Waals surface area contributed by atoms with Crippen molar-refractivity contribution in [1.82, 2.24) is 0 Å². The molecular formula is C18H24O3. The van der Waals surface area contributed by atoms with Gasteiger partial charge >= 0.3 is 0 Å². The standard InChI is InChI=1S/C18H24O3/c1-12(2)7-6-8-13(3)9-10-15-16(19)11-14(4)17(20)18(15)21-5/h7,9,11H,6,8,10H2,1-5H3/b13-9-. The molecular weight excluding hydrogens is 264 g/mol. The highest BCUT2D eigenvalue weighted by Crippen LogP contribution is 2.23. The molecule has 1 rings (SSSR count). The lowest BCUT2D eigenvalue weighted by Gasteiger charge is -2.15. The summed E-state index contributed by atoms with van der Waals surface area (Å²) in [5, 5.41) is 0. The molecule has 0 aromatic carbocycles. The van der Waals surface area contributed by atoms with E-state index in [-0.39, 0.29) is 17.3 Å². The van der Waals surface area contributed by atoms with E-state index in [0.29, 0.717) is 17.6 Å². The summed E-state index contributed by atoms with van der Waals surface area (Å²) in [6.45, 7) is 7.84. The Morgan fingerprint density at radius 2 is 1.86 bits per heavy atom. The summed E-state index contributed by atoms with van der Waals surface area (Å²) in [4.78, 5) is 24.0. The van der Waals surface area contributed by atoms with Gasteiger partial charge in [-0.15, -0.1) is 0 Å². The predicted molar refractivity (Wildman–Crippen MR) is 84.8 cm³/mol. The van der Waals surface area contributed by atoms with Gasteiger partial charge in [-0.1, -0.05) is 23.3 Å². The molecule has 3 nitrogen and oxygen atoms in total. The molecule has 0 spiro atoms. The number of methoxy groups -OCH3 is 1. The number of carbonyl (C=O) groups is 2. The number of rotatable bonds is 6. The minimum Gasteiger partial charge on any atom is -0.492 e. The van der Waals surface area contributed by atoms with E-state index in [4.69, 9.17) is 4.74 Å². The van der Waals surface area contributed by atoms with Crippen molar-refractivity contribution in [3.05, 3.63) is 46.3 Å².